The van der Waals surface area contributed by atoms with Gasteiger partial charge >= 0.3 is 5.69 Å². The minimum absolute atomic E-state index is 0.134. The Morgan fingerprint density at radius 2 is 2.00 bits per heavy atom. The van der Waals surface area contributed by atoms with Gasteiger partial charge in [-0.15, -0.1) is 0 Å². The molecule has 1 fully saturated rings. The molecule has 3 heterocycles. The first-order valence-electron chi connectivity index (χ1n) is 7.27. The molecule has 2 N–H and O–H groups in total. The molecule has 0 bridgehead atoms. The third-order valence-corrected chi connectivity index (χ3v) is 4.33. The second-order valence-electron chi connectivity index (χ2n) is 5.51. The van der Waals surface area contributed by atoms with Crippen molar-refractivity contribution in [3.63, 3.8) is 0 Å². The Morgan fingerprint density at radius 3 is 2.75 bits per heavy atom. The number of nitrogens with one attached hydrogen (secondary N) is 2. The number of H-pyrrole nitrogens is 1. The molecule has 0 spiro atoms. The fraction of sp³-hybridized carbons (Fsp3) is 0.200. The standard InChI is InChI=1S/C15H11Cl2N5O2/c16-10-4-3-8-12(20-10)21-15(24)22(14(8)23)9-5-6-18-13(11(9)17)19-7-1-2-7/h3-7H,1-2H2,(H,18,19)(H,20,21,24). The van der Waals surface area contributed by atoms with Crippen LogP contribution in [0, 0.1) is 0 Å². The number of rotatable bonds is 3. The molecule has 3 aromatic heterocycles. The van der Waals surface area contributed by atoms with E-state index in [0.717, 1.165) is 17.4 Å². The van der Waals surface area contributed by atoms with Gasteiger partial charge in [0.05, 0.1) is 11.1 Å². The smallest absolute Gasteiger partial charge is 0.334 e. The van der Waals surface area contributed by atoms with Crippen molar-refractivity contribution in [2.75, 3.05) is 5.32 Å². The lowest BCUT2D eigenvalue weighted by Gasteiger charge is -2.11. The number of aromatic nitrogens is 4. The van der Waals surface area contributed by atoms with Crippen LogP contribution in [-0.2, 0) is 0 Å². The van der Waals surface area contributed by atoms with Gasteiger partial charge in [-0.25, -0.2) is 19.3 Å². The van der Waals surface area contributed by atoms with E-state index in [1.165, 1.54) is 24.4 Å². The van der Waals surface area contributed by atoms with Crippen LogP contribution in [0.4, 0.5) is 5.82 Å². The lowest BCUT2D eigenvalue weighted by Crippen LogP contribution is -2.34. The average molecular weight is 364 g/mol. The Morgan fingerprint density at radius 1 is 1.21 bits per heavy atom. The van der Waals surface area contributed by atoms with Crippen LogP contribution in [0.25, 0.3) is 16.7 Å². The van der Waals surface area contributed by atoms with Crippen molar-refractivity contribution >= 4 is 40.1 Å². The van der Waals surface area contributed by atoms with Crippen LogP contribution in [0.15, 0.2) is 34.0 Å². The molecule has 4 rings (SSSR count). The number of anilines is 1. The third kappa shape index (κ3) is 2.55. The maximum Gasteiger partial charge on any atom is 0.334 e. The highest BCUT2D eigenvalue weighted by atomic mass is 35.5. The van der Waals surface area contributed by atoms with Crippen molar-refractivity contribution < 1.29 is 0 Å². The molecular weight excluding hydrogens is 353 g/mol. The highest BCUT2D eigenvalue weighted by Gasteiger charge is 2.24. The van der Waals surface area contributed by atoms with Gasteiger partial charge in [-0.1, -0.05) is 23.2 Å². The van der Waals surface area contributed by atoms with Crippen molar-refractivity contribution in [2.24, 2.45) is 0 Å². The van der Waals surface area contributed by atoms with E-state index in [9.17, 15) is 9.59 Å². The second-order valence-corrected chi connectivity index (χ2v) is 6.28. The molecule has 0 aliphatic heterocycles. The van der Waals surface area contributed by atoms with Crippen LogP contribution in [0.3, 0.4) is 0 Å². The van der Waals surface area contributed by atoms with Crippen LogP contribution < -0.4 is 16.6 Å². The van der Waals surface area contributed by atoms with Gasteiger partial charge < -0.3 is 5.32 Å². The van der Waals surface area contributed by atoms with Gasteiger partial charge in [0, 0.05) is 12.2 Å². The molecule has 0 amide bonds. The predicted molar refractivity (Wildman–Crippen MR) is 92.4 cm³/mol. The second kappa shape index (κ2) is 5.61. The molecule has 0 aromatic carbocycles. The minimum atomic E-state index is -0.646. The van der Waals surface area contributed by atoms with Crippen LogP contribution in [-0.4, -0.2) is 25.6 Å². The van der Waals surface area contributed by atoms with Gasteiger partial charge in [-0.2, -0.15) is 0 Å². The summed E-state index contributed by atoms with van der Waals surface area (Å²) < 4.78 is 0.972. The molecule has 0 saturated heterocycles. The minimum Gasteiger partial charge on any atom is -0.366 e. The average Bonchev–Trinajstić information content (AvgIpc) is 3.34. The monoisotopic (exact) mass is 363 g/mol. The Labute approximate surface area is 145 Å². The molecule has 0 atom stereocenters. The molecule has 1 aliphatic carbocycles. The quantitative estimate of drug-likeness (QED) is 0.696. The van der Waals surface area contributed by atoms with E-state index in [-0.39, 0.29) is 26.9 Å². The highest BCUT2D eigenvalue weighted by Crippen LogP contribution is 2.30. The summed E-state index contributed by atoms with van der Waals surface area (Å²) in [7, 11) is 0. The van der Waals surface area contributed by atoms with Crippen molar-refractivity contribution in [1.29, 1.82) is 0 Å². The zero-order valence-corrected chi connectivity index (χ0v) is 13.7. The number of halogens is 2. The first kappa shape index (κ1) is 15.2. The maximum atomic E-state index is 12.7. The van der Waals surface area contributed by atoms with Gasteiger partial charge in [0.25, 0.3) is 5.56 Å². The van der Waals surface area contributed by atoms with E-state index in [2.05, 4.69) is 20.3 Å². The highest BCUT2D eigenvalue weighted by molar-refractivity contribution is 6.34. The van der Waals surface area contributed by atoms with Crippen LogP contribution in [0.5, 0.6) is 0 Å². The number of nitrogens with zero attached hydrogens (tertiary/aromatic N) is 3. The molecule has 122 valence electrons. The number of pyridine rings is 2. The molecule has 0 unspecified atom stereocenters. The third-order valence-electron chi connectivity index (χ3n) is 3.75. The summed E-state index contributed by atoms with van der Waals surface area (Å²) in [5.41, 5.74) is -0.774. The van der Waals surface area contributed by atoms with Gasteiger partial charge in [0.2, 0.25) is 0 Å². The van der Waals surface area contributed by atoms with Crippen molar-refractivity contribution in [2.45, 2.75) is 18.9 Å². The van der Waals surface area contributed by atoms with Crippen LogP contribution in [0.2, 0.25) is 10.2 Å². The van der Waals surface area contributed by atoms with Crippen molar-refractivity contribution in [3.05, 3.63) is 55.4 Å². The zero-order chi connectivity index (χ0) is 16.8. The number of fused-ring (bicyclic) bond motifs is 1. The summed E-state index contributed by atoms with van der Waals surface area (Å²) in [6.45, 7) is 0. The summed E-state index contributed by atoms with van der Waals surface area (Å²) in [6.07, 6.45) is 3.60. The Bertz CT molecular complexity index is 1070. The molecule has 3 aromatic rings. The molecule has 0 radical (unpaired) electrons. The van der Waals surface area contributed by atoms with Crippen molar-refractivity contribution in [3.8, 4) is 5.69 Å². The Balaban J connectivity index is 1.95. The number of hydrogen-bond acceptors (Lipinski definition) is 5. The Hall–Kier alpha value is -2.38. The zero-order valence-electron chi connectivity index (χ0n) is 12.2. The lowest BCUT2D eigenvalue weighted by molar-refractivity contribution is 0.892. The topological polar surface area (TPSA) is 92.7 Å². The molecule has 7 nitrogen and oxygen atoms in total. The van der Waals surface area contributed by atoms with E-state index in [1.807, 2.05) is 0 Å². The summed E-state index contributed by atoms with van der Waals surface area (Å²) in [6, 6.07) is 4.86. The lowest BCUT2D eigenvalue weighted by atomic mass is 10.3. The number of hydrogen-bond donors (Lipinski definition) is 2. The molecular formula is C15H11Cl2N5O2. The van der Waals surface area contributed by atoms with Gasteiger partial charge in [0.15, 0.2) is 0 Å². The SMILES string of the molecule is O=c1[nH]c2nc(Cl)ccc2c(=O)n1-c1ccnc(NC2CC2)c1Cl. The molecule has 1 aliphatic rings. The summed E-state index contributed by atoms with van der Waals surface area (Å²) in [5, 5.41) is 3.83. The Kier molecular flexibility index (Phi) is 3.54. The summed E-state index contributed by atoms with van der Waals surface area (Å²) >= 11 is 12.2. The van der Waals surface area contributed by atoms with Gasteiger partial charge in [-0.05, 0) is 31.0 Å². The van der Waals surface area contributed by atoms with E-state index in [4.69, 9.17) is 23.2 Å². The molecule has 9 heteroatoms. The van der Waals surface area contributed by atoms with E-state index < -0.39 is 11.2 Å². The molecule has 1 saturated carbocycles. The maximum absolute atomic E-state index is 12.7. The largest absolute Gasteiger partial charge is 0.366 e. The van der Waals surface area contributed by atoms with E-state index >= 15 is 0 Å². The fourth-order valence-corrected chi connectivity index (χ4v) is 2.82. The van der Waals surface area contributed by atoms with Gasteiger partial charge in [-0.3, -0.25) is 9.78 Å². The van der Waals surface area contributed by atoms with Crippen molar-refractivity contribution in [1.82, 2.24) is 19.5 Å². The predicted octanol–water partition coefficient (Wildman–Crippen LogP) is 2.35. The normalized spacial score (nSPS) is 14.1. The number of aromatic amines is 1. The molecule has 24 heavy (non-hydrogen) atoms. The summed E-state index contributed by atoms with van der Waals surface area (Å²) in [5.74, 6) is 0.456. The van der Waals surface area contributed by atoms with Gasteiger partial charge in [0.1, 0.15) is 21.6 Å². The van der Waals surface area contributed by atoms with E-state index in [0.29, 0.717) is 11.9 Å². The first-order valence-corrected chi connectivity index (χ1v) is 8.03. The van der Waals surface area contributed by atoms with Crippen LogP contribution in [0.1, 0.15) is 12.8 Å². The van der Waals surface area contributed by atoms with E-state index in [1.54, 1.807) is 0 Å². The van der Waals surface area contributed by atoms with Crippen LogP contribution >= 0.6 is 23.2 Å². The fourth-order valence-electron chi connectivity index (χ4n) is 2.42. The summed E-state index contributed by atoms with van der Waals surface area (Å²) in [4.78, 5) is 35.8. The first-order chi connectivity index (χ1) is 11.5.